The second kappa shape index (κ2) is 3.47. The van der Waals surface area contributed by atoms with Crippen molar-refractivity contribution < 1.29 is 9.47 Å². The molecule has 0 amide bonds. The first kappa shape index (κ1) is 10.1. The van der Waals surface area contributed by atoms with Crippen molar-refractivity contribution in [3.8, 4) is 5.75 Å². The third-order valence-electron chi connectivity index (χ3n) is 3.85. The number of hydrogen-bond acceptors (Lipinski definition) is 3. The predicted molar refractivity (Wildman–Crippen MR) is 61.5 cm³/mol. The smallest absolute Gasteiger partial charge is 0.123 e. The minimum atomic E-state index is 0.183. The summed E-state index contributed by atoms with van der Waals surface area (Å²) in [4.78, 5) is 0. The summed E-state index contributed by atoms with van der Waals surface area (Å²) in [5, 5.41) is 0. The van der Waals surface area contributed by atoms with Crippen LogP contribution < -0.4 is 10.5 Å². The Kier molecular flexibility index (Phi) is 2.19. The van der Waals surface area contributed by atoms with E-state index in [0.29, 0.717) is 13.2 Å². The topological polar surface area (TPSA) is 44.5 Å². The van der Waals surface area contributed by atoms with E-state index in [1.165, 1.54) is 29.5 Å². The number of ether oxygens (including phenoxy) is 2. The fourth-order valence-electron chi connectivity index (χ4n) is 2.52. The van der Waals surface area contributed by atoms with Crippen LogP contribution in [-0.4, -0.2) is 13.7 Å². The van der Waals surface area contributed by atoms with Crippen LogP contribution in [0.5, 0.6) is 5.75 Å². The van der Waals surface area contributed by atoms with Crippen LogP contribution in [0, 0.1) is 0 Å². The molecule has 2 N–H and O–H groups in total. The van der Waals surface area contributed by atoms with Crippen LogP contribution in [0.15, 0.2) is 12.1 Å². The van der Waals surface area contributed by atoms with E-state index >= 15 is 0 Å². The van der Waals surface area contributed by atoms with Gasteiger partial charge in [-0.05, 0) is 36.1 Å². The van der Waals surface area contributed by atoms with E-state index in [2.05, 4.69) is 12.1 Å². The monoisotopic (exact) mass is 219 g/mol. The van der Waals surface area contributed by atoms with Crippen LogP contribution >= 0.6 is 0 Å². The fourth-order valence-corrected chi connectivity index (χ4v) is 2.52. The molecule has 16 heavy (non-hydrogen) atoms. The summed E-state index contributed by atoms with van der Waals surface area (Å²) in [5.41, 5.74) is 9.90. The molecule has 1 aliphatic heterocycles. The van der Waals surface area contributed by atoms with Gasteiger partial charge in [0.05, 0.1) is 20.3 Å². The lowest BCUT2D eigenvalue weighted by atomic mass is 9.92. The summed E-state index contributed by atoms with van der Waals surface area (Å²) < 4.78 is 10.9. The number of rotatable bonds is 3. The highest BCUT2D eigenvalue weighted by molar-refractivity contribution is 5.49. The molecule has 0 spiro atoms. The van der Waals surface area contributed by atoms with Crippen LogP contribution in [-0.2, 0) is 23.4 Å². The maximum atomic E-state index is 5.88. The normalized spacial score (nSPS) is 20.6. The molecule has 1 aliphatic carbocycles. The molecule has 3 rings (SSSR count). The van der Waals surface area contributed by atoms with Crippen molar-refractivity contribution in [2.45, 2.75) is 31.5 Å². The van der Waals surface area contributed by atoms with Gasteiger partial charge in [0.15, 0.2) is 0 Å². The van der Waals surface area contributed by atoms with Crippen molar-refractivity contribution in [1.29, 1.82) is 0 Å². The molecular weight excluding hydrogens is 202 g/mol. The summed E-state index contributed by atoms with van der Waals surface area (Å²) >= 11 is 0. The van der Waals surface area contributed by atoms with E-state index in [1.54, 1.807) is 7.11 Å². The Hall–Kier alpha value is -1.06. The first-order valence-electron chi connectivity index (χ1n) is 5.77. The highest BCUT2D eigenvalue weighted by atomic mass is 16.5. The molecule has 0 radical (unpaired) electrons. The summed E-state index contributed by atoms with van der Waals surface area (Å²) in [6, 6.07) is 4.36. The lowest BCUT2D eigenvalue weighted by Crippen LogP contribution is -2.20. The number of fused-ring (bicyclic) bond motifs is 1. The molecule has 1 fully saturated rings. The molecule has 0 saturated heterocycles. The van der Waals surface area contributed by atoms with Gasteiger partial charge in [0, 0.05) is 17.5 Å². The zero-order valence-corrected chi connectivity index (χ0v) is 9.58. The maximum absolute atomic E-state index is 5.88. The average Bonchev–Trinajstić information content (AvgIpc) is 2.99. The zero-order chi connectivity index (χ0) is 11.2. The highest BCUT2D eigenvalue weighted by Gasteiger charge is 2.45. The van der Waals surface area contributed by atoms with E-state index in [1.807, 2.05) is 0 Å². The van der Waals surface area contributed by atoms with Gasteiger partial charge in [0.1, 0.15) is 5.75 Å². The standard InChI is InChI=1S/C13H17NO2/c1-15-12-5-10-7-16-6-9(10)4-11(12)13(8-14)2-3-13/h4-5H,2-3,6-8,14H2,1H3. The Morgan fingerprint density at radius 1 is 1.31 bits per heavy atom. The van der Waals surface area contributed by atoms with Gasteiger partial charge in [0.25, 0.3) is 0 Å². The Bertz CT molecular complexity index is 424. The third kappa shape index (κ3) is 1.35. The molecule has 0 aromatic heterocycles. The predicted octanol–water partition coefficient (Wildman–Crippen LogP) is 1.72. The van der Waals surface area contributed by atoms with Crippen molar-refractivity contribution in [3.63, 3.8) is 0 Å². The molecule has 2 aliphatic rings. The van der Waals surface area contributed by atoms with E-state index in [-0.39, 0.29) is 5.41 Å². The number of benzene rings is 1. The number of nitrogens with two attached hydrogens (primary N) is 1. The van der Waals surface area contributed by atoms with E-state index in [4.69, 9.17) is 15.2 Å². The Morgan fingerprint density at radius 3 is 2.56 bits per heavy atom. The Morgan fingerprint density at radius 2 is 2.00 bits per heavy atom. The van der Waals surface area contributed by atoms with Gasteiger partial charge < -0.3 is 15.2 Å². The lowest BCUT2D eigenvalue weighted by molar-refractivity contribution is 0.134. The second-order valence-electron chi connectivity index (χ2n) is 4.80. The SMILES string of the molecule is COc1cc2c(cc1C1(CN)CC1)COC2. The zero-order valence-electron chi connectivity index (χ0n) is 9.58. The van der Waals surface area contributed by atoms with Gasteiger partial charge in [-0.3, -0.25) is 0 Å². The molecular formula is C13H17NO2. The summed E-state index contributed by atoms with van der Waals surface area (Å²) in [7, 11) is 1.73. The van der Waals surface area contributed by atoms with Crippen molar-refractivity contribution in [3.05, 3.63) is 28.8 Å². The van der Waals surface area contributed by atoms with E-state index < -0.39 is 0 Å². The summed E-state index contributed by atoms with van der Waals surface area (Å²) in [5.74, 6) is 0.979. The first-order chi connectivity index (χ1) is 7.79. The highest BCUT2D eigenvalue weighted by Crippen LogP contribution is 2.51. The number of methoxy groups -OCH3 is 1. The van der Waals surface area contributed by atoms with Crippen LogP contribution in [0.1, 0.15) is 29.5 Å². The molecule has 3 nitrogen and oxygen atoms in total. The van der Waals surface area contributed by atoms with Gasteiger partial charge in [-0.15, -0.1) is 0 Å². The minimum Gasteiger partial charge on any atom is -0.496 e. The third-order valence-corrected chi connectivity index (χ3v) is 3.85. The van der Waals surface area contributed by atoms with Crippen LogP contribution in [0.25, 0.3) is 0 Å². The molecule has 1 aromatic rings. The van der Waals surface area contributed by atoms with Crippen molar-refractivity contribution in [2.75, 3.05) is 13.7 Å². The van der Waals surface area contributed by atoms with Crippen molar-refractivity contribution in [2.24, 2.45) is 5.73 Å². The molecule has 1 saturated carbocycles. The molecule has 86 valence electrons. The van der Waals surface area contributed by atoms with Crippen LogP contribution in [0.2, 0.25) is 0 Å². The molecule has 1 heterocycles. The molecule has 1 aromatic carbocycles. The molecule has 3 heteroatoms. The molecule has 0 bridgehead atoms. The van der Waals surface area contributed by atoms with E-state index in [9.17, 15) is 0 Å². The Labute approximate surface area is 95.5 Å². The van der Waals surface area contributed by atoms with E-state index in [0.717, 1.165) is 12.4 Å². The lowest BCUT2D eigenvalue weighted by Gasteiger charge is -2.18. The first-order valence-corrected chi connectivity index (χ1v) is 5.77. The van der Waals surface area contributed by atoms with Gasteiger partial charge in [-0.2, -0.15) is 0 Å². The fraction of sp³-hybridized carbons (Fsp3) is 0.538. The summed E-state index contributed by atoms with van der Waals surface area (Å²) in [6.07, 6.45) is 2.36. The molecule has 0 atom stereocenters. The van der Waals surface area contributed by atoms with Crippen LogP contribution in [0.3, 0.4) is 0 Å². The quantitative estimate of drug-likeness (QED) is 0.841. The van der Waals surface area contributed by atoms with Gasteiger partial charge in [0.2, 0.25) is 0 Å². The second-order valence-corrected chi connectivity index (χ2v) is 4.80. The largest absolute Gasteiger partial charge is 0.496 e. The van der Waals surface area contributed by atoms with Gasteiger partial charge in [-0.1, -0.05) is 0 Å². The molecule has 0 unspecified atom stereocenters. The summed E-state index contributed by atoms with van der Waals surface area (Å²) in [6.45, 7) is 2.15. The number of hydrogen-bond donors (Lipinski definition) is 1. The maximum Gasteiger partial charge on any atom is 0.123 e. The van der Waals surface area contributed by atoms with Gasteiger partial charge in [-0.25, -0.2) is 0 Å². The van der Waals surface area contributed by atoms with Crippen molar-refractivity contribution in [1.82, 2.24) is 0 Å². The minimum absolute atomic E-state index is 0.183. The van der Waals surface area contributed by atoms with Crippen molar-refractivity contribution >= 4 is 0 Å². The average molecular weight is 219 g/mol. The van der Waals surface area contributed by atoms with Crippen LogP contribution in [0.4, 0.5) is 0 Å². The van der Waals surface area contributed by atoms with Gasteiger partial charge >= 0.3 is 0 Å². The Balaban J connectivity index is 2.09.